The number of amides is 1. The molecule has 2 N–H and O–H groups in total. The zero-order valence-electron chi connectivity index (χ0n) is 18.7. The van der Waals surface area contributed by atoms with Gasteiger partial charge >= 0.3 is 0 Å². The number of nitrogens with one attached hydrogen (secondary N) is 2. The monoisotopic (exact) mass is 533 g/mol. The number of likely N-dealkylation sites (N-methyl/N-ethyl adjacent to an activating group) is 2. The lowest BCUT2D eigenvalue weighted by Gasteiger charge is -2.24. The third kappa shape index (κ3) is 7.82. The van der Waals surface area contributed by atoms with Gasteiger partial charge in [0.1, 0.15) is 0 Å². The van der Waals surface area contributed by atoms with Crippen molar-refractivity contribution in [2.45, 2.75) is 32.4 Å². The molecule has 1 aromatic carbocycles. The van der Waals surface area contributed by atoms with E-state index in [9.17, 15) is 4.79 Å². The van der Waals surface area contributed by atoms with E-state index in [-0.39, 0.29) is 36.4 Å². The van der Waals surface area contributed by atoms with E-state index in [0.29, 0.717) is 30.0 Å². The summed E-state index contributed by atoms with van der Waals surface area (Å²) in [6, 6.07) is 6.25. The third-order valence-electron chi connectivity index (χ3n) is 5.18. The van der Waals surface area contributed by atoms with E-state index in [4.69, 9.17) is 9.47 Å². The van der Waals surface area contributed by atoms with Crippen molar-refractivity contribution in [2.24, 2.45) is 4.99 Å². The molecule has 1 atom stereocenters. The second-order valence-electron chi connectivity index (χ2n) is 7.30. The largest absolute Gasteiger partial charge is 0.493 e. The number of methoxy groups -OCH3 is 2. The van der Waals surface area contributed by atoms with Gasteiger partial charge in [-0.3, -0.25) is 9.69 Å². The number of carbonyl (C=O) groups excluding carboxylic acids is 1. The molecule has 0 bridgehead atoms. The van der Waals surface area contributed by atoms with Gasteiger partial charge in [-0.2, -0.15) is 0 Å². The number of aliphatic imine (C=N–C) groups is 1. The summed E-state index contributed by atoms with van der Waals surface area (Å²) in [5, 5.41) is 6.56. The minimum atomic E-state index is 0. The van der Waals surface area contributed by atoms with Crippen LogP contribution in [-0.4, -0.2) is 82.2 Å². The minimum absolute atomic E-state index is 0. The van der Waals surface area contributed by atoms with Crippen LogP contribution in [0.3, 0.4) is 0 Å². The Morgan fingerprint density at radius 3 is 2.60 bits per heavy atom. The minimum Gasteiger partial charge on any atom is -0.493 e. The predicted molar refractivity (Wildman–Crippen MR) is 131 cm³/mol. The van der Waals surface area contributed by atoms with E-state index in [1.807, 2.05) is 18.2 Å². The second-order valence-corrected chi connectivity index (χ2v) is 7.30. The molecule has 1 saturated heterocycles. The van der Waals surface area contributed by atoms with Gasteiger partial charge in [-0.1, -0.05) is 13.0 Å². The van der Waals surface area contributed by atoms with Crippen LogP contribution in [0.25, 0.3) is 0 Å². The Morgan fingerprint density at radius 2 is 1.97 bits per heavy atom. The molecular formula is C21H36IN5O3. The van der Waals surface area contributed by atoms with Crippen molar-refractivity contribution in [1.82, 2.24) is 20.4 Å². The molecule has 1 unspecified atom stereocenters. The number of nitrogens with zero attached hydrogens (tertiary/aromatic N) is 3. The van der Waals surface area contributed by atoms with E-state index in [0.717, 1.165) is 25.2 Å². The lowest BCUT2D eigenvalue weighted by molar-refractivity contribution is -0.127. The molecule has 2 rings (SSSR count). The van der Waals surface area contributed by atoms with E-state index in [1.165, 1.54) is 12.8 Å². The highest BCUT2D eigenvalue weighted by Gasteiger charge is 2.22. The Morgan fingerprint density at radius 1 is 1.23 bits per heavy atom. The maximum Gasteiger partial charge on any atom is 0.241 e. The highest BCUT2D eigenvalue weighted by Crippen LogP contribution is 2.27. The summed E-state index contributed by atoms with van der Waals surface area (Å²) >= 11 is 0. The Bertz CT molecular complexity index is 699. The summed E-state index contributed by atoms with van der Waals surface area (Å²) < 4.78 is 10.7. The molecule has 1 heterocycles. The first-order chi connectivity index (χ1) is 14.0. The fourth-order valence-electron chi connectivity index (χ4n) is 3.40. The van der Waals surface area contributed by atoms with Gasteiger partial charge in [0, 0.05) is 26.7 Å². The molecule has 8 nitrogen and oxygen atoms in total. The normalized spacial score (nSPS) is 16.6. The van der Waals surface area contributed by atoms with Gasteiger partial charge in [-0.05, 0) is 43.6 Å². The van der Waals surface area contributed by atoms with E-state index < -0.39 is 0 Å². The lowest BCUT2D eigenvalue weighted by Crippen LogP contribution is -2.47. The summed E-state index contributed by atoms with van der Waals surface area (Å²) in [5.41, 5.74) is 0.999. The van der Waals surface area contributed by atoms with Gasteiger partial charge in [0.25, 0.3) is 0 Å². The molecule has 0 spiro atoms. The van der Waals surface area contributed by atoms with Gasteiger partial charge in [0.05, 0.1) is 27.3 Å². The maximum atomic E-state index is 12.0. The van der Waals surface area contributed by atoms with E-state index in [2.05, 4.69) is 27.4 Å². The fourth-order valence-corrected chi connectivity index (χ4v) is 3.40. The van der Waals surface area contributed by atoms with Crippen molar-refractivity contribution in [3.8, 4) is 11.5 Å². The molecule has 9 heteroatoms. The van der Waals surface area contributed by atoms with E-state index >= 15 is 0 Å². The number of carbonyl (C=O) groups is 1. The number of ether oxygens (including phenoxy) is 2. The Balaban J connectivity index is 0.00000450. The first-order valence-corrected chi connectivity index (χ1v) is 10.2. The lowest BCUT2D eigenvalue weighted by atomic mass is 10.2. The highest BCUT2D eigenvalue weighted by molar-refractivity contribution is 14.0. The molecule has 0 aliphatic carbocycles. The quantitative estimate of drug-likeness (QED) is 0.287. The van der Waals surface area contributed by atoms with Crippen LogP contribution in [0.5, 0.6) is 11.5 Å². The molecular weight excluding hydrogens is 497 g/mol. The number of rotatable bonds is 9. The standard InChI is InChI=1S/C21H35N5O3.HI/c1-6-26-11-7-8-17(26)14-23-21(24-15-20(27)25(2)3)22-13-16-9-10-18(28-4)19(12-16)29-5;/h9-10,12,17H,6-8,11,13-15H2,1-5H3,(H2,22,23,24);1H. The van der Waals surface area contributed by atoms with Gasteiger partial charge in [-0.15, -0.1) is 24.0 Å². The van der Waals surface area contributed by atoms with Crippen LogP contribution in [0.1, 0.15) is 25.3 Å². The summed E-state index contributed by atoms with van der Waals surface area (Å²) in [7, 11) is 6.73. The van der Waals surface area contributed by atoms with Crippen molar-refractivity contribution in [2.75, 3.05) is 54.5 Å². The van der Waals surface area contributed by atoms with Crippen LogP contribution in [-0.2, 0) is 11.3 Å². The van der Waals surface area contributed by atoms with Crippen molar-refractivity contribution in [1.29, 1.82) is 0 Å². The molecule has 1 aromatic rings. The molecule has 0 aromatic heterocycles. The van der Waals surface area contributed by atoms with Crippen molar-refractivity contribution < 1.29 is 14.3 Å². The third-order valence-corrected chi connectivity index (χ3v) is 5.18. The van der Waals surface area contributed by atoms with Crippen LogP contribution in [0.2, 0.25) is 0 Å². The van der Waals surface area contributed by atoms with Gasteiger partial charge < -0.3 is 25.0 Å². The van der Waals surface area contributed by atoms with Crippen LogP contribution < -0.4 is 20.1 Å². The molecule has 1 fully saturated rings. The van der Waals surface area contributed by atoms with Gasteiger partial charge in [-0.25, -0.2) is 4.99 Å². The summed E-state index contributed by atoms with van der Waals surface area (Å²) in [6.07, 6.45) is 2.41. The number of likely N-dealkylation sites (tertiary alicyclic amines) is 1. The first kappa shape index (κ1) is 26.3. The summed E-state index contributed by atoms with van der Waals surface area (Å²) in [5.74, 6) is 2.00. The zero-order valence-corrected chi connectivity index (χ0v) is 21.1. The number of hydrogen-bond acceptors (Lipinski definition) is 5. The average molecular weight is 533 g/mol. The molecule has 0 radical (unpaired) electrons. The summed E-state index contributed by atoms with van der Waals surface area (Å²) in [4.78, 5) is 20.7. The Labute approximate surface area is 197 Å². The second kappa shape index (κ2) is 13.5. The van der Waals surface area contributed by atoms with Crippen molar-refractivity contribution >= 4 is 35.8 Å². The topological polar surface area (TPSA) is 78.4 Å². The molecule has 1 aliphatic rings. The molecule has 170 valence electrons. The van der Waals surface area contributed by atoms with Crippen LogP contribution in [0.15, 0.2) is 23.2 Å². The Hall–Kier alpha value is -1.75. The molecule has 30 heavy (non-hydrogen) atoms. The maximum absolute atomic E-state index is 12.0. The van der Waals surface area contributed by atoms with Gasteiger partial charge in [0.2, 0.25) is 5.91 Å². The van der Waals surface area contributed by atoms with Crippen molar-refractivity contribution in [3.63, 3.8) is 0 Å². The van der Waals surface area contributed by atoms with Crippen molar-refractivity contribution in [3.05, 3.63) is 23.8 Å². The number of guanidine groups is 1. The zero-order chi connectivity index (χ0) is 21.2. The number of benzene rings is 1. The Kier molecular flexibility index (Phi) is 11.9. The first-order valence-electron chi connectivity index (χ1n) is 10.2. The van der Waals surface area contributed by atoms with Crippen LogP contribution in [0, 0.1) is 0 Å². The predicted octanol–water partition coefficient (Wildman–Crippen LogP) is 1.93. The van der Waals surface area contributed by atoms with Gasteiger partial charge in [0.15, 0.2) is 17.5 Å². The number of halogens is 1. The van der Waals surface area contributed by atoms with Crippen LogP contribution >= 0.6 is 24.0 Å². The summed E-state index contributed by atoms with van der Waals surface area (Å²) in [6.45, 7) is 5.87. The average Bonchev–Trinajstić information content (AvgIpc) is 3.20. The van der Waals surface area contributed by atoms with Crippen LogP contribution in [0.4, 0.5) is 0 Å². The SMILES string of the molecule is CCN1CCCC1CNC(=NCc1ccc(OC)c(OC)c1)NCC(=O)N(C)C.I. The number of hydrogen-bond donors (Lipinski definition) is 2. The molecule has 1 aliphatic heterocycles. The molecule has 1 amide bonds. The highest BCUT2D eigenvalue weighted by atomic mass is 127. The molecule has 0 saturated carbocycles. The fraction of sp³-hybridized carbons (Fsp3) is 0.619. The smallest absolute Gasteiger partial charge is 0.241 e. The van der Waals surface area contributed by atoms with E-state index in [1.54, 1.807) is 33.2 Å².